The SMILES string of the molecule is Cc1ccc(Br)c2cc(C(=O)Nc3ccccc3NS(=O)(=O)c3ccc(F)cc3)[nH]c12. The Balaban J connectivity index is 1.62. The highest BCUT2D eigenvalue weighted by molar-refractivity contribution is 9.10. The summed E-state index contributed by atoms with van der Waals surface area (Å²) in [6, 6.07) is 16.5. The number of H-pyrrole nitrogens is 1. The minimum Gasteiger partial charge on any atom is -0.350 e. The number of carbonyl (C=O) groups excluding carboxylic acids is 1. The average Bonchev–Trinajstić information content (AvgIpc) is 3.19. The molecule has 0 spiro atoms. The molecule has 31 heavy (non-hydrogen) atoms. The molecular weight excluding hydrogens is 485 g/mol. The lowest BCUT2D eigenvalue weighted by atomic mass is 10.2. The average molecular weight is 502 g/mol. The standard InChI is InChI=1S/C22H17BrFN3O3S/c1-13-6-11-17(23)16-12-20(25-21(13)16)22(28)26-18-4-2-3-5-19(18)27-31(29,30)15-9-7-14(24)8-10-15/h2-12,25,27H,1H3,(H,26,28). The highest BCUT2D eigenvalue weighted by atomic mass is 79.9. The first kappa shape index (κ1) is 21.1. The summed E-state index contributed by atoms with van der Waals surface area (Å²) in [5.74, 6) is -0.956. The van der Waals surface area contributed by atoms with Crippen LogP contribution in [0.4, 0.5) is 15.8 Å². The molecule has 1 amide bonds. The summed E-state index contributed by atoms with van der Waals surface area (Å²) in [6.07, 6.45) is 0. The van der Waals surface area contributed by atoms with Gasteiger partial charge < -0.3 is 10.3 Å². The predicted molar refractivity (Wildman–Crippen MR) is 122 cm³/mol. The molecule has 1 aromatic heterocycles. The molecule has 3 aromatic carbocycles. The third-order valence-corrected chi connectivity index (χ3v) is 6.81. The Labute approximate surface area is 186 Å². The fourth-order valence-corrected chi connectivity index (χ4v) is 4.66. The summed E-state index contributed by atoms with van der Waals surface area (Å²) in [5, 5.41) is 3.61. The summed E-state index contributed by atoms with van der Waals surface area (Å²) in [4.78, 5) is 15.9. The molecule has 0 saturated heterocycles. The summed E-state index contributed by atoms with van der Waals surface area (Å²) >= 11 is 3.48. The van der Waals surface area contributed by atoms with Crippen LogP contribution in [0, 0.1) is 12.7 Å². The molecule has 0 bridgehead atoms. The van der Waals surface area contributed by atoms with E-state index >= 15 is 0 Å². The van der Waals surface area contributed by atoms with E-state index in [0.29, 0.717) is 5.69 Å². The number of carbonyl (C=O) groups is 1. The molecule has 4 aromatic rings. The van der Waals surface area contributed by atoms with Crippen molar-refractivity contribution in [2.24, 2.45) is 0 Å². The molecule has 0 aliphatic rings. The normalized spacial score (nSPS) is 11.5. The van der Waals surface area contributed by atoms with E-state index in [0.717, 1.165) is 33.1 Å². The molecule has 158 valence electrons. The number of aryl methyl sites for hydroxylation is 1. The second kappa shape index (κ2) is 8.16. The van der Waals surface area contributed by atoms with E-state index in [4.69, 9.17) is 0 Å². The molecular formula is C22H17BrFN3O3S. The van der Waals surface area contributed by atoms with Crippen LogP contribution >= 0.6 is 15.9 Å². The molecule has 1 heterocycles. The number of anilines is 2. The summed E-state index contributed by atoms with van der Waals surface area (Å²) < 4.78 is 41.7. The number of aromatic nitrogens is 1. The predicted octanol–water partition coefficient (Wildman–Crippen LogP) is 5.43. The minimum absolute atomic E-state index is 0.0917. The minimum atomic E-state index is -3.97. The highest BCUT2D eigenvalue weighted by Crippen LogP contribution is 2.29. The number of rotatable bonds is 5. The topological polar surface area (TPSA) is 91.1 Å². The Morgan fingerprint density at radius 1 is 1.00 bits per heavy atom. The number of fused-ring (bicyclic) bond motifs is 1. The Kier molecular flexibility index (Phi) is 5.55. The zero-order valence-corrected chi connectivity index (χ0v) is 18.6. The zero-order valence-electron chi connectivity index (χ0n) is 16.2. The molecule has 0 aliphatic heterocycles. The van der Waals surface area contributed by atoms with E-state index in [2.05, 4.69) is 31.0 Å². The quantitative estimate of drug-likeness (QED) is 0.340. The molecule has 9 heteroatoms. The third-order valence-electron chi connectivity index (χ3n) is 4.74. The van der Waals surface area contributed by atoms with Gasteiger partial charge in [-0.1, -0.05) is 34.1 Å². The van der Waals surface area contributed by atoms with Crippen molar-refractivity contribution in [1.29, 1.82) is 0 Å². The van der Waals surface area contributed by atoms with Crippen LogP contribution in [0.2, 0.25) is 0 Å². The van der Waals surface area contributed by atoms with Gasteiger partial charge in [0, 0.05) is 9.86 Å². The van der Waals surface area contributed by atoms with Gasteiger partial charge in [-0.05, 0) is 61.0 Å². The van der Waals surface area contributed by atoms with Gasteiger partial charge in [0.2, 0.25) is 0 Å². The molecule has 4 rings (SSSR count). The second-order valence-corrected chi connectivity index (χ2v) is 9.43. The fourth-order valence-electron chi connectivity index (χ4n) is 3.14. The van der Waals surface area contributed by atoms with Crippen molar-refractivity contribution in [2.45, 2.75) is 11.8 Å². The van der Waals surface area contributed by atoms with Crippen LogP contribution in [-0.4, -0.2) is 19.3 Å². The second-order valence-electron chi connectivity index (χ2n) is 6.90. The lowest BCUT2D eigenvalue weighted by Gasteiger charge is -2.13. The molecule has 0 aliphatic carbocycles. The third kappa shape index (κ3) is 4.33. The molecule has 3 N–H and O–H groups in total. The van der Waals surface area contributed by atoms with Gasteiger partial charge in [0.15, 0.2) is 0 Å². The van der Waals surface area contributed by atoms with Crippen LogP contribution in [0.1, 0.15) is 16.1 Å². The highest BCUT2D eigenvalue weighted by Gasteiger charge is 2.18. The molecule has 0 saturated carbocycles. The van der Waals surface area contributed by atoms with Crippen LogP contribution in [0.15, 0.2) is 76.1 Å². The number of sulfonamides is 1. The van der Waals surface area contributed by atoms with E-state index in [1.165, 1.54) is 18.2 Å². The van der Waals surface area contributed by atoms with E-state index < -0.39 is 21.7 Å². The first-order valence-corrected chi connectivity index (χ1v) is 11.5. The molecule has 0 fully saturated rings. The number of hydrogen-bond acceptors (Lipinski definition) is 3. The number of para-hydroxylation sites is 2. The van der Waals surface area contributed by atoms with Crippen molar-refractivity contribution >= 4 is 54.1 Å². The van der Waals surface area contributed by atoms with Gasteiger partial charge in [0.1, 0.15) is 11.5 Å². The largest absolute Gasteiger partial charge is 0.350 e. The maximum atomic E-state index is 13.1. The van der Waals surface area contributed by atoms with Crippen LogP contribution in [0.3, 0.4) is 0 Å². The van der Waals surface area contributed by atoms with Gasteiger partial charge in [0.25, 0.3) is 15.9 Å². The van der Waals surface area contributed by atoms with Crippen LogP contribution < -0.4 is 10.0 Å². The van der Waals surface area contributed by atoms with Crippen molar-refractivity contribution in [3.63, 3.8) is 0 Å². The summed E-state index contributed by atoms with van der Waals surface area (Å²) in [5.41, 5.74) is 2.64. The van der Waals surface area contributed by atoms with Gasteiger partial charge in [-0.15, -0.1) is 0 Å². The zero-order chi connectivity index (χ0) is 22.2. The smallest absolute Gasteiger partial charge is 0.272 e. The van der Waals surface area contributed by atoms with Gasteiger partial charge in [-0.3, -0.25) is 9.52 Å². The van der Waals surface area contributed by atoms with Gasteiger partial charge in [-0.25, -0.2) is 12.8 Å². The number of hydrogen-bond donors (Lipinski definition) is 3. The number of aromatic amines is 1. The van der Waals surface area contributed by atoms with Gasteiger partial charge >= 0.3 is 0 Å². The number of halogens is 2. The van der Waals surface area contributed by atoms with Crippen molar-refractivity contribution in [1.82, 2.24) is 4.98 Å². The molecule has 0 atom stereocenters. The maximum Gasteiger partial charge on any atom is 0.272 e. The lowest BCUT2D eigenvalue weighted by Crippen LogP contribution is -2.17. The van der Waals surface area contributed by atoms with Crippen LogP contribution in [0.5, 0.6) is 0 Å². The number of nitrogens with one attached hydrogen (secondary N) is 3. The van der Waals surface area contributed by atoms with E-state index in [1.54, 1.807) is 24.3 Å². The Bertz CT molecular complexity index is 1360. The van der Waals surface area contributed by atoms with Gasteiger partial charge in [-0.2, -0.15) is 0 Å². The maximum absolute atomic E-state index is 13.1. The van der Waals surface area contributed by atoms with Crippen LogP contribution in [0.25, 0.3) is 10.9 Å². The van der Waals surface area contributed by atoms with E-state index in [9.17, 15) is 17.6 Å². The first-order valence-electron chi connectivity index (χ1n) is 9.21. The number of amides is 1. The van der Waals surface area contributed by atoms with Crippen LogP contribution in [-0.2, 0) is 10.0 Å². The van der Waals surface area contributed by atoms with Crippen molar-refractivity contribution < 1.29 is 17.6 Å². The van der Waals surface area contributed by atoms with E-state index in [-0.39, 0.29) is 16.3 Å². The van der Waals surface area contributed by atoms with Crippen molar-refractivity contribution in [2.75, 3.05) is 10.0 Å². The molecule has 0 unspecified atom stereocenters. The Hall–Kier alpha value is -3.17. The monoisotopic (exact) mass is 501 g/mol. The number of benzene rings is 3. The summed E-state index contributed by atoms with van der Waals surface area (Å²) in [7, 11) is -3.97. The Morgan fingerprint density at radius 2 is 1.68 bits per heavy atom. The Morgan fingerprint density at radius 3 is 2.35 bits per heavy atom. The van der Waals surface area contributed by atoms with E-state index in [1.807, 2.05) is 19.1 Å². The first-order chi connectivity index (χ1) is 14.7. The summed E-state index contributed by atoms with van der Waals surface area (Å²) in [6.45, 7) is 1.94. The molecule has 0 radical (unpaired) electrons. The van der Waals surface area contributed by atoms with Gasteiger partial charge in [0.05, 0.1) is 21.8 Å². The molecule has 6 nitrogen and oxygen atoms in total. The van der Waals surface area contributed by atoms with Crippen molar-refractivity contribution in [3.05, 3.63) is 88.3 Å². The van der Waals surface area contributed by atoms with Crippen molar-refractivity contribution in [3.8, 4) is 0 Å². The lowest BCUT2D eigenvalue weighted by molar-refractivity contribution is 0.102. The fraction of sp³-hybridized carbons (Fsp3) is 0.0455.